The number of hydrogen-bond acceptors (Lipinski definition) is 5. The van der Waals surface area contributed by atoms with Gasteiger partial charge in [-0.05, 0) is 64.0 Å². The number of halogens is 1. The maximum Gasteiger partial charge on any atom is 0.178 e. The van der Waals surface area contributed by atoms with Gasteiger partial charge >= 0.3 is 0 Å². The molecule has 9 rings (SSSR count). The van der Waals surface area contributed by atoms with Gasteiger partial charge in [-0.3, -0.25) is 0 Å². The first-order valence-corrected chi connectivity index (χ1v) is 16.7. The summed E-state index contributed by atoms with van der Waals surface area (Å²) in [6.45, 7) is 4.54. The zero-order valence-electron chi connectivity index (χ0n) is 28.1. The van der Waals surface area contributed by atoms with E-state index in [0.29, 0.717) is 17.3 Å². The van der Waals surface area contributed by atoms with Crippen LogP contribution in [-0.2, 0) is 11.0 Å². The van der Waals surface area contributed by atoms with Crippen LogP contribution in [0.25, 0.3) is 50.3 Å². The molecule has 1 unspecified atom stereocenters. The van der Waals surface area contributed by atoms with Crippen LogP contribution in [0, 0.1) is 5.82 Å². The van der Waals surface area contributed by atoms with Crippen molar-refractivity contribution in [3.63, 3.8) is 0 Å². The normalized spacial score (nSPS) is 16.8. The molecule has 1 aliphatic heterocycles. The van der Waals surface area contributed by atoms with E-state index >= 15 is 0 Å². The van der Waals surface area contributed by atoms with Gasteiger partial charge in [-0.2, -0.15) is 0 Å². The van der Waals surface area contributed by atoms with Gasteiger partial charge in [0.1, 0.15) is 11.6 Å². The van der Waals surface area contributed by atoms with Crippen molar-refractivity contribution < 1.29 is 18.6 Å². The molecule has 0 saturated heterocycles. The maximum atomic E-state index is 14.4. The Hall–Kier alpha value is -6.01. The molecule has 0 spiro atoms. The Kier molecular flexibility index (Phi) is 6.62. The first-order chi connectivity index (χ1) is 24.3. The van der Waals surface area contributed by atoms with Crippen LogP contribution in [0.2, 0.25) is 0 Å². The average Bonchev–Trinajstić information content (AvgIpc) is 3.40. The van der Waals surface area contributed by atoms with Crippen molar-refractivity contribution in [2.75, 3.05) is 14.2 Å². The van der Waals surface area contributed by atoms with Crippen LogP contribution in [-0.4, -0.2) is 24.2 Å². The largest absolute Gasteiger partial charge is 0.493 e. The van der Waals surface area contributed by atoms with Crippen molar-refractivity contribution >= 4 is 27.8 Å². The molecule has 50 heavy (non-hydrogen) atoms. The van der Waals surface area contributed by atoms with E-state index in [1.165, 1.54) is 34.4 Å². The van der Waals surface area contributed by atoms with Gasteiger partial charge in [0.25, 0.3) is 0 Å². The molecule has 2 aliphatic rings. The first-order valence-electron chi connectivity index (χ1n) is 16.7. The Morgan fingerprint density at radius 3 is 2.14 bits per heavy atom. The minimum atomic E-state index is -1.08. The summed E-state index contributed by atoms with van der Waals surface area (Å²) < 4.78 is 33.5. The summed E-state index contributed by atoms with van der Waals surface area (Å²) in [4.78, 5) is 9.45. The highest BCUT2D eigenvalue weighted by molar-refractivity contribution is 6.09. The van der Waals surface area contributed by atoms with Crippen LogP contribution in [0.15, 0.2) is 121 Å². The molecule has 244 valence electrons. The number of hydrogen-bond donors (Lipinski definition) is 0. The molecule has 0 amide bonds. The zero-order chi connectivity index (χ0) is 34.2. The molecule has 1 atom stereocenters. The van der Waals surface area contributed by atoms with Crippen molar-refractivity contribution in [3.8, 4) is 39.8 Å². The van der Waals surface area contributed by atoms with Gasteiger partial charge in [0.2, 0.25) is 0 Å². The van der Waals surface area contributed by atoms with E-state index in [1.807, 2.05) is 60.8 Å². The average molecular weight is 657 g/mol. The third-order valence-corrected chi connectivity index (χ3v) is 10.4. The van der Waals surface area contributed by atoms with Crippen LogP contribution in [0.5, 0.6) is 17.2 Å². The lowest BCUT2D eigenvalue weighted by Gasteiger charge is -2.38. The van der Waals surface area contributed by atoms with Gasteiger partial charge in [0.05, 0.1) is 19.7 Å². The van der Waals surface area contributed by atoms with E-state index in [4.69, 9.17) is 19.2 Å². The molecule has 7 aromatic rings. The molecule has 6 aromatic carbocycles. The van der Waals surface area contributed by atoms with Crippen LogP contribution in [0.1, 0.15) is 41.7 Å². The minimum absolute atomic E-state index is 0.303. The highest BCUT2D eigenvalue weighted by Gasteiger charge is 2.44. The molecule has 0 radical (unpaired) electrons. The number of aromatic nitrogens is 2. The standard InChI is InChI=1S/C44H33FN2O3/c1-43(2)35-11-7-6-10-31(35)39-33-23-37(48-3)38(49-4)24-34(33)41-32(40(39)43)21-22-44(50-41,29-17-19-30(45)20-18-29)28-15-13-26(14-16-28)42-46-25-27-9-5-8-12-36(27)47-42/h5-25H,1-4H3. The maximum absolute atomic E-state index is 14.4. The fourth-order valence-electron chi connectivity index (χ4n) is 7.93. The molecule has 0 fully saturated rings. The topological polar surface area (TPSA) is 53.5 Å². The van der Waals surface area contributed by atoms with E-state index in [1.54, 1.807) is 26.4 Å². The molecule has 6 heteroatoms. The zero-order valence-corrected chi connectivity index (χ0v) is 28.1. The smallest absolute Gasteiger partial charge is 0.178 e. The second kappa shape index (κ2) is 11.0. The SMILES string of the molecule is COc1cc2c3c(c4c(c2cc1OC)-c1ccccc1C4(C)C)C=CC(c1ccc(F)cc1)(c1ccc(-c2ncc4ccccc4n2)cc1)O3. The van der Waals surface area contributed by atoms with Gasteiger partial charge in [-0.25, -0.2) is 14.4 Å². The fourth-order valence-corrected chi connectivity index (χ4v) is 7.93. The highest BCUT2D eigenvalue weighted by atomic mass is 19.1. The summed E-state index contributed by atoms with van der Waals surface area (Å²) in [5, 5.41) is 2.91. The Morgan fingerprint density at radius 1 is 0.740 bits per heavy atom. The number of nitrogens with zero attached hydrogens (tertiary/aromatic N) is 2. The van der Waals surface area contributed by atoms with Gasteiger partial charge in [0, 0.05) is 44.6 Å². The Labute approximate surface area is 289 Å². The number of rotatable bonds is 5. The highest BCUT2D eigenvalue weighted by Crippen LogP contribution is 2.59. The third-order valence-electron chi connectivity index (χ3n) is 10.4. The van der Waals surface area contributed by atoms with Gasteiger partial charge in [-0.15, -0.1) is 0 Å². The van der Waals surface area contributed by atoms with E-state index in [2.05, 4.69) is 61.3 Å². The Balaban J connectivity index is 1.28. The summed E-state index contributed by atoms with van der Waals surface area (Å²) in [5.41, 5.74) is 7.90. The van der Waals surface area contributed by atoms with E-state index in [-0.39, 0.29) is 11.2 Å². The quantitative estimate of drug-likeness (QED) is 0.185. The van der Waals surface area contributed by atoms with Crippen LogP contribution in [0.3, 0.4) is 0 Å². The number of methoxy groups -OCH3 is 2. The number of para-hydroxylation sites is 1. The van der Waals surface area contributed by atoms with E-state index < -0.39 is 5.60 Å². The summed E-state index contributed by atoms with van der Waals surface area (Å²) in [7, 11) is 3.30. The molecule has 1 aliphatic carbocycles. The van der Waals surface area contributed by atoms with Gasteiger partial charge < -0.3 is 14.2 Å². The Morgan fingerprint density at radius 2 is 1.40 bits per heavy atom. The third kappa shape index (κ3) is 4.31. The molecular formula is C44H33FN2O3. The van der Waals surface area contributed by atoms with Crippen molar-refractivity contribution in [3.05, 3.63) is 155 Å². The molecule has 5 nitrogen and oxygen atoms in total. The van der Waals surface area contributed by atoms with E-state index in [0.717, 1.165) is 49.7 Å². The van der Waals surface area contributed by atoms with Crippen molar-refractivity contribution in [2.45, 2.75) is 24.9 Å². The molecule has 0 N–H and O–H groups in total. The van der Waals surface area contributed by atoms with Crippen LogP contribution < -0.4 is 14.2 Å². The fraction of sp³-hybridized carbons (Fsp3) is 0.136. The molecule has 1 aromatic heterocycles. The monoisotopic (exact) mass is 656 g/mol. The minimum Gasteiger partial charge on any atom is -0.493 e. The van der Waals surface area contributed by atoms with Gasteiger partial charge in [-0.1, -0.05) is 98.8 Å². The Bertz CT molecular complexity index is 2520. The lowest BCUT2D eigenvalue weighted by atomic mass is 9.76. The summed E-state index contributed by atoms with van der Waals surface area (Å²) in [6, 6.07) is 35.3. The molecule has 0 saturated carbocycles. The second-order valence-electron chi connectivity index (χ2n) is 13.4. The summed E-state index contributed by atoms with van der Waals surface area (Å²) >= 11 is 0. The lowest BCUT2D eigenvalue weighted by molar-refractivity contribution is 0.163. The predicted molar refractivity (Wildman–Crippen MR) is 196 cm³/mol. The van der Waals surface area contributed by atoms with Crippen molar-refractivity contribution in [2.24, 2.45) is 0 Å². The van der Waals surface area contributed by atoms with Crippen LogP contribution >= 0.6 is 0 Å². The summed E-state index contributed by atoms with van der Waals surface area (Å²) in [6.07, 6.45) is 6.14. The lowest BCUT2D eigenvalue weighted by Crippen LogP contribution is -2.35. The number of benzene rings is 6. The van der Waals surface area contributed by atoms with Crippen LogP contribution in [0.4, 0.5) is 4.39 Å². The van der Waals surface area contributed by atoms with E-state index in [9.17, 15) is 4.39 Å². The number of fused-ring (bicyclic) bond motifs is 9. The molecule has 0 bridgehead atoms. The summed E-state index contributed by atoms with van der Waals surface area (Å²) in [5.74, 6) is 2.31. The van der Waals surface area contributed by atoms with Gasteiger partial charge in [0.15, 0.2) is 22.9 Å². The molecular weight excluding hydrogens is 623 g/mol. The van der Waals surface area contributed by atoms with Crippen molar-refractivity contribution in [1.82, 2.24) is 9.97 Å². The number of ether oxygens (including phenoxy) is 3. The second-order valence-corrected chi connectivity index (χ2v) is 13.4. The first kappa shape index (κ1) is 30.1. The molecule has 2 heterocycles. The van der Waals surface area contributed by atoms with Crippen molar-refractivity contribution in [1.29, 1.82) is 0 Å². The predicted octanol–water partition coefficient (Wildman–Crippen LogP) is 10.3.